The van der Waals surface area contributed by atoms with Crippen LogP contribution in [0.3, 0.4) is 0 Å². The van der Waals surface area contributed by atoms with Gasteiger partial charge in [-0.15, -0.1) is 0 Å². The Morgan fingerprint density at radius 3 is 2.55 bits per heavy atom. The van der Waals surface area contributed by atoms with Crippen LogP contribution in [0.5, 0.6) is 5.75 Å². The van der Waals surface area contributed by atoms with Crippen molar-refractivity contribution in [2.45, 2.75) is 32.0 Å². The van der Waals surface area contributed by atoms with Crippen molar-refractivity contribution in [2.24, 2.45) is 5.92 Å². The fourth-order valence-electron chi connectivity index (χ4n) is 2.87. The van der Waals surface area contributed by atoms with Gasteiger partial charge in [-0.1, -0.05) is 37.7 Å². The van der Waals surface area contributed by atoms with E-state index in [4.69, 9.17) is 4.74 Å². The van der Waals surface area contributed by atoms with Crippen molar-refractivity contribution in [1.82, 2.24) is 14.9 Å². The molecule has 0 fully saturated rings. The fraction of sp³-hybridized carbons (Fsp3) is 0.318. The first-order valence-corrected chi connectivity index (χ1v) is 10.5. The molecule has 0 atom stereocenters. The molecule has 2 aromatic carbocycles. The number of amides is 2. The third-order valence-electron chi connectivity index (χ3n) is 4.49. The molecular weight excluding hydrogens is 386 g/mol. The zero-order valence-electron chi connectivity index (χ0n) is 16.8. The first-order chi connectivity index (χ1) is 14.0. The molecule has 0 spiro atoms. The molecule has 1 heterocycles. The molecule has 0 aliphatic carbocycles. The summed E-state index contributed by atoms with van der Waals surface area (Å²) in [7, 11) is 1.56. The van der Waals surface area contributed by atoms with E-state index in [1.54, 1.807) is 31.4 Å². The quantitative estimate of drug-likeness (QED) is 0.564. The fourth-order valence-corrected chi connectivity index (χ4v) is 3.72. The van der Waals surface area contributed by atoms with E-state index in [0.717, 1.165) is 29.2 Å². The zero-order chi connectivity index (χ0) is 20.8. The minimum Gasteiger partial charge on any atom is -0.497 e. The Balaban J connectivity index is 1.65. The molecule has 1 aromatic heterocycles. The molecule has 0 saturated heterocycles. The minimum atomic E-state index is -0.424. The minimum absolute atomic E-state index is 0.118. The number of imidazole rings is 1. The third-order valence-corrected chi connectivity index (χ3v) is 5.46. The number of hydrogen-bond acceptors (Lipinski definition) is 5. The highest BCUT2D eigenvalue weighted by molar-refractivity contribution is 7.99. The van der Waals surface area contributed by atoms with Gasteiger partial charge in [0.2, 0.25) is 5.91 Å². The normalized spacial score (nSPS) is 11.0. The molecular formula is C22H25N3O3S. The summed E-state index contributed by atoms with van der Waals surface area (Å²) in [6, 6.07) is 14.6. The summed E-state index contributed by atoms with van der Waals surface area (Å²) >= 11 is 1.34. The molecule has 6 nitrogen and oxygen atoms in total. The lowest BCUT2D eigenvalue weighted by Crippen LogP contribution is -2.31. The number of carbonyl (C=O) groups is 2. The van der Waals surface area contributed by atoms with Crippen molar-refractivity contribution in [1.29, 1.82) is 0 Å². The van der Waals surface area contributed by atoms with Gasteiger partial charge in [0.1, 0.15) is 5.75 Å². The van der Waals surface area contributed by atoms with Crippen LogP contribution in [-0.4, -0.2) is 34.2 Å². The van der Waals surface area contributed by atoms with E-state index in [2.05, 4.69) is 28.7 Å². The number of rotatable bonds is 8. The maximum atomic E-state index is 12.3. The van der Waals surface area contributed by atoms with Gasteiger partial charge in [-0.2, -0.15) is 0 Å². The molecule has 0 unspecified atom stereocenters. The van der Waals surface area contributed by atoms with Crippen LogP contribution in [0, 0.1) is 5.92 Å². The van der Waals surface area contributed by atoms with Crippen molar-refractivity contribution < 1.29 is 14.3 Å². The molecule has 0 bridgehead atoms. The maximum absolute atomic E-state index is 12.3. The van der Waals surface area contributed by atoms with Crippen LogP contribution in [0.1, 0.15) is 30.6 Å². The smallest absolute Gasteiger partial charge is 0.257 e. The lowest BCUT2D eigenvalue weighted by atomic mass is 10.1. The summed E-state index contributed by atoms with van der Waals surface area (Å²) in [6.45, 7) is 5.21. The van der Waals surface area contributed by atoms with Crippen LogP contribution >= 0.6 is 11.8 Å². The summed E-state index contributed by atoms with van der Waals surface area (Å²) in [5.74, 6) is 0.570. The summed E-state index contributed by atoms with van der Waals surface area (Å²) in [6.07, 6.45) is 1.02. The van der Waals surface area contributed by atoms with E-state index in [1.165, 1.54) is 11.8 Å². The van der Waals surface area contributed by atoms with Gasteiger partial charge < -0.3 is 9.30 Å². The number of nitrogens with zero attached hydrogens (tertiary/aromatic N) is 2. The molecule has 2 amide bonds. The number of aromatic nitrogens is 2. The Morgan fingerprint density at radius 1 is 1.14 bits per heavy atom. The van der Waals surface area contributed by atoms with Gasteiger partial charge >= 0.3 is 0 Å². The Bertz CT molecular complexity index is 996. The number of aryl methyl sites for hydroxylation is 1. The Kier molecular flexibility index (Phi) is 6.93. The Morgan fingerprint density at radius 2 is 1.86 bits per heavy atom. The van der Waals surface area contributed by atoms with Crippen molar-refractivity contribution in [2.75, 3.05) is 12.9 Å². The van der Waals surface area contributed by atoms with Crippen LogP contribution in [0.25, 0.3) is 11.0 Å². The Hall–Kier alpha value is -2.80. The van der Waals surface area contributed by atoms with Crippen LogP contribution in [0.4, 0.5) is 0 Å². The third kappa shape index (κ3) is 5.38. The monoisotopic (exact) mass is 411 g/mol. The molecule has 29 heavy (non-hydrogen) atoms. The highest BCUT2D eigenvalue weighted by atomic mass is 32.2. The number of methoxy groups -OCH3 is 1. The van der Waals surface area contributed by atoms with Crippen LogP contribution in [-0.2, 0) is 11.3 Å². The predicted molar refractivity (Wildman–Crippen MR) is 115 cm³/mol. The van der Waals surface area contributed by atoms with Crippen molar-refractivity contribution in [3.63, 3.8) is 0 Å². The average Bonchev–Trinajstić information content (AvgIpc) is 3.08. The number of hydrogen-bond donors (Lipinski definition) is 1. The number of fused-ring (bicyclic) bond motifs is 1. The summed E-state index contributed by atoms with van der Waals surface area (Å²) in [5.41, 5.74) is 2.38. The van der Waals surface area contributed by atoms with Crippen molar-refractivity contribution in [3.05, 3.63) is 54.1 Å². The molecule has 1 N–H and O–H groups in total. The van der Waals surface area contributed by atoms with Gasteiger partial charge in [0.25, 0.3) is 5.91 Å². The highest BCUT2D eigenvalue weighted by Crippen LogP contribution is 2.25. The van der Waals surface area contributed by atoms with E-state index in [-0.39, 0.29) is 11.7 Å². The molecule has 3 rings (SSSR count). The maximum Gasteiger partial charge on any atom is 0.257 e. The van der Waals surface area contributed by atoms with E-state index >= 15 is 0 Å². The number of thioether (sulfide) groups is 1. The van der Waals surface area contributed by atoms with Crippen molar-refractivity contribution in [3.8, 4) is 5.75 Å². The summed E-state index contributed by atoms with van der Waals surface area (Å²) in [4.78, 5) is 29.2. The lowest BCUT2D eigenvalue weighted by molar-refractivity contribution is -0.117. The standard InChI is InChI=1S/C22H25N3O3S/c1-15(2)12-13-25-19-7-5-4-6-18(19)23-22(25)29-14-20(26)24-21(27)16-8-10-17(28-3)11-9-16/h4-11,15H,12-14H2,1-3H3,(H,24,26,27). The topological polar surface area (TPSA) is 73.2 Å². The van der Waals surface area contributed by atoms with E-state index in [9.17, 15) is 9.59 Å². The largest absolute Gasteiger partial charge is 0.497 e. The number of para-hydroxylation sites is 2. The van der Waals surface area contributed by atoms with Gasteiger partial charge in [0, 0.05) is 12.1 Å². The average molecular weight is 412 g/mol. The van der Waals surface area contributed by atoms with Crippen LogP contribution in [0.2, 0.25) is 0 Å². The SMILES string of the molecule is COc1ccc(C(=O)NC(=O)CSc2nc3ccccc3n2CCC(C)C)cc1. The molecule has 3 aromatic rings. The zero-order valence-corrected chi connectivity index (χ0v) is 17.7. The summed E-state index contributed by atoms with van der Waals surface area (Å²) in [5, 5.41) is 3.22. The second-order valence-corrected chi connectivity index (χ2v) is 8.05. The summed E-state index contributed by atoms with van der Waals surface area (Å²) < 4.78 is 7.23. The molecule has 0 aliphatic heterocycles. The van der Waals surface area contributed by atoms with Crippen molar-refractivity contribution >= 4 is 34.6 Å². The second-order valence-electron chi connectivity index (χ2n) is 7.11. The second kappa shape index (κ2) is 9.60. The van der Waals surface area contributed by atoms with Crippen LogP contribution in [0.15, 0.2) is 53.7 Å². The van der Waals surface area contributed by atoms with E-state index in [1.807, 2.05) is 24.3 Å². The lowest BCUT2D eigenvalue weighted by Gasteiger charge is -2.10. The first kappa shape index (κ1) is 20.9. The van der Waals surface area contributed by atoms with Gasteiger partial charge in [0.15, 0.2) is 5.16 Å². The number of carbonyl (C=O) groups excluding carboxylic acids is 2. The van der Waals surface area contributed by atoms with Gasteiger partial charge in [-0.25, -0.2) is 4.98 Å². The van der Waals surface area contributed by atoms with E-state index < -0.39 is 5.91 Å². The van der Waals surface area contributed by atoms with Gasteiger partial charge in [0.05, 0.1) is 23.9 Å². The molecule has 0 aliphatic rings. The highest BCUT2D eigenvalue weighted by Gasteiger charge is 2.15. The van der Waals surface area contributed by atoms with Gasteiger partial charge in [-0.05, 0) is 48.7 Å². The molecule has 152 valence electrons. The Labute approximate surface area is 174 Å². The number of imide groups is 1. The molecule has 0 radical (unpaired) electrons. The number of benzene rings is 2. The van der Waals surface area contributed by atoms with Gasteiger partial charge in [-0.3, -0.25) is 14.9 Å². The first-order valence-electron chi connectivity index (χ1n) is 9.54. The molecule has 7 heteroatoms. The molecule has 0 saturated carbocycles. The number of ether oxygens (including phenoxy) is 1. The van der Waals surface area contributed by atoms with Crippen LogP contribution < -0.4 is 10.1 Å². The predicted octanol–water partition coefficient (Wildman–Crippen LogP) is 4.14. The number of nitrogens with one attached hydrogen (secondary N) is 1. The van der Waals surface area contributed by atoms with E-state index in [0.29, 0.717) is 17.2 Å².